The second kappa shape index (κ2) is 10.7. The quantitative estimate of drug-likeness (QED) is 0.545. The topological polar surface area (TPSA) is 30.5 Å². The summed E-state index contributed by atoms with van der Waals surface area (Å²) in [6.45, 7) is 3.60. The van der Waals surface area contributed by atoms with Crippen LogP contribution in [0, 0.1) is 12.7 Å². The van der Waals surface area contributed by atoms with Crippen molar-refractivity contribution in [1.82, 2.24) is 5.32 Å². The summed E-state index contributed by atoms with van der Waals surface area (Å²) in [5.74, 6) is 1.01. The van der Waals surface area contributed by atoms with E-state index in [-0.39, 0.29) is 24.8 Å². The molecule has 0 unspecified atom stereocenters. The highest BCUT2D eigenvalue weighted by atomic mass is 35.5. The number of nitrogens with one attached hydrogen (secondary N) is 1. The maximum atomic E-state index is 13.9. The molecule has 0 saturated heterocycles. The van der Waals surface area contributed by atoms with E-state index < -0.39 is 0 Å². The van der Waals surface area contributed by atoms with Crippen LogP contribution in [0.4, 0.5) is 4.39 Å². The molecule has 0 aliphatic rings. The SMILES string of the molecule is COc1cccc(CNCc2ccc(C)cc2)c1OCc1ccccc1F.Cl. The van der Waals surface area contributed by atoms with Crippen LogP contribution in [0.25, 0.3) is 0 Å². The number of halogens is 2. The Kier molecular flexibility index (Phi) is 8.30. The Morgan fingerprint density at radius 2 is 1.57 bits per heavy atom. The third kappa shape index (κ3) is 5.72. The van der Waals surface area contributed by atoms with Gasteiger partial charge in [0.1, 0.15) is 12.4 Å². The Bertz CT molecular complexity index is 884. The van der Waals surface area contributed by atoms with Crippen molar-refractivity contribution in [2.75, 3.05) is 7.11 Å². The Morgan fingerprint density at radius 3 is 2.29 bits per heavy atom. The Hall–Kier alpha value is -2.56. The van der Waals surface area contributed by atoms with Gasteiger partial charge in [0.05, 0.1) is 7.11 Å². The van der Waals surface area contributed by atoms with Gasteiger partial charge in [-0.2, -0.15) is 0 Å². The van der Waals surface area contributed by atoms with Crippen LogP contribution >= 0.6 is 12.4 Å². The summed E-state index contributed by atoms with van der Waals surface area (Å²) in [6.07, 6.45) is 0. The highest BCUT2D eigenvalue weighted by Gasteiger charge is 2.12. The van der Waals surface area contributed by atoms with Crippen molar-refractivity contribution in [3.05, 3.63) is 94.8 Å². The number of para-hydroxylation sites is 1. The fraction of sp³-hybridized carbons (Fsp3) is 0.217. The summed E-state index contributed by atoms with van der Waals surface area (Å²) in [7, 11) is 1.61. The number of methoxy groups -OCH3 is 1. The number of hydrogen-bond donors (Lipinski definition) is 1. The number of benzene rings is 3. The minimum atomic E-state index is -0.272. The molecule has 0 fully saturated rings. The molecule has 0 heterocycles. The molecular formula is C23H25ClFNO2. The van der Waals surface area contributed by atoms with Gasteiger partial charge in [-0.25, -0.2) is 4.39 Å². The lowest BCUT2D eigenvalue weighted by atomic mass is 10.1. The van der Waals surface area contributed by atoms with Crippen LogP contribution in [0.1, 0.15) is 22.3 Å². The summed E-state index contributed by atoms with van der Waals surface area (Å²) in [5, 5.41) is 3.43. The molecule has 3 nitrogen and oxygen atoms in total. The maximum Gasteiger partial charge on any atom is 0.166 e. The van der Waals surface area contributed by atoms with Gasteiger partial charge in [0.25, 0.3) is 0 Å². The van der Waals surface area contributed by atoms with E-state index in [2.05, 4.69) is 36.5 Å². The number of rotatable bonds is 8. The predicted molar refractivity (Wildman–Crippen MR) is 113 cm³/mol. The van der Waals surface area contributed by atoms with Gasteiger partial charge >= 0.3 is 0 Å². The molecule has 0 aromatic heterocycles. The first-order valence-electron chi connectivity index (χ1n) is 8.95. The predicted octanol–water partition coefficient (Wildman–Crippen LogP) is 5.43. The minimum Gasteiger partial charge on any atom is -0.493 e. The molecule has 0 atom stereocenters. The molecule has 5 heteroatoms. The summed E-state index contributed by atoms with van der Waals surface area (Å²) in [5.41, 5.74) is 3.95. The van der Waals surface area contributed by atoms with Gasteiger partial charge in [0, 0.05) is 24.2 Å². The van der Waals surface area contributed by atoms with E-state index in [1.54, 1.807) is 25.3 Å². The molecule has 0 radical (unpaired) electrons. The molecule has 0 saturated carbocycles. The fourth-order valence-corrected chi connectivity index (χ4v) is 2.84. The van der Waals surface area contributed by atoms with Gasteiger partial charge in [-0.05, 0) is 24.6 Å². The van der Waals surface area contributed by atoms with E-state index in [0.717, 1.165) is 12.1 Å². The molecule has 0 spiro atoms. The fourth-order valence-electron chi connectivity index (χ4n) is 2.84. The molecule has 3 rings (SSSR count). The molecule has 0 amide bonds. The van der Waals surface area contributed by atoms with Crippen LogP contribution in [0.3, 0.4) is 0 Å². The van der Waals surface area contributed by atoms with Crippen molar-refractivity contribution in [2.24, 2.45) is 0 Å². The van der Waals surface area contributed by atoms with Crippen molar-refractivity contribution in [3.8, 4) is 11.5 Å². The lowest BCUT2D eigenvalue weighted by Gasteiger charge is -2.16. The average molecular weight is 402 g/mol. The zero-order chi connectivity index (χ0) is 19.1. The smallest absolute Gasteiger partial charge is 0.166 e. The largest absolute Gasteiger partial charge is 0.493 e. The second-order valence-corrected chi connectivity index (χ2v) is 6.42. The molecule has 0 aliphatic heterocycles. The van der Waals surface area contributed by atoms with Gasteiger partial charge in [-0.3, -0.25) is 0 Å². The molecule has 0 aliphatic carbocycles. The monoisotopic (exact) mass is 401 g/mol. The zero-order valence-electron chi connectivity index (χ0n) is 16.1. The summed E-state index contributed by atoms with van der Waals surface area (Å²) < 4.78 is 25.2. The Labute approximate surface area is 171 Å². The molecule has 3 aromatic rings. The number of aryl methyl sites for hydroxylation is 1. The van der Waals surface area contributed by atoms with Crippen molar-refractivity contribution in [3.63, 3.8) is 0 Å². The third-order valence-electron chi connectivity index (χ3n) is 4.38. The first kappa shape index (κ1) is 21.7. The van der Waals surface area contributed by atoms with Gasteiger partial charge in [0.15, 0.2) is 11.5 Å². The summed E-state index contributed by atoms with van der Waals surface area (Å²) >= 11 is 0. The molecule has 0 bridgehead atoms. The van der Waals surface area contributed by atoms with Gasteiger partial charge in [0.2, 0.25) is 0 Å². The lowest BCUT2D eigenvalue weighted by Crippen LogP contribution is -2.14. The van der Waals surface area contributed by atoms with Crippen LogP contribution < -0.4 is 14.8 Å². The second-order valence-electron chi connectivity index (χ2n) is 6.42. The van der Waals surface area contributed by atoms with Crippen molar-refractivity contribution >= 4 is 12.4 Å². The maximum absolute atomic E-state index is 13.9. The van der Waals surface area contributed by atoms with E-state index in [1.807, 2.05) is 18.2 Å². The zero-order valence-corrected chi connectivity index (χ0v) is 16.9. The van der Waals surface area contributed by atoms with Gasteiger partial charge in [-0.15, -0.1) is 12.4 Å². The molecule has 148 valence electrons. The standard InChI is InChI=1S/C23H24FNO2.ClH/c1-17-10-12-18(13-11-17)14-25-15-19-7-5-9-22(26-2)23(19)27-16-20-6-3-4-8-21(20)24;/h3-13,25H,14-16H2,1-2H3;1H. The average Bonchev–Trinajstić information content (AvgIpc) is 2.69. The van der Waals surface area contributed by atoms with Gasteiger partial charge < -0.3 is 14.8 Å². The number of ether oxygens (including phenoxy) is 2. The minimum absolute atomic E-state index is 0. The van der Waals surface area contributed by atoms with Crippen molar-refractivity contribution < 1.29 is 13.9 Å². The van der Waals surface area contributed by atoms with Gasteiger partial charge in [-0.1, -0.05) is 60.2 Å². The Balaban J connectivity index is 0.00000280. The van der Waals surface area contributed by atoms with E-state index in [0.29, 0.717) is 23.6 Å². The lowest BCUT2D eigenvalue weighted by molar-refractivity contribution is 0.276. The first-order chi connectivity index (χ1) is 13.2. The Morgan fingerprint density at radius 1 is 0.857 bits per heavy atom. The van der Waals surface area contributed by atoms with Crippen LogP contribution in [0.5, 0.6) is 11.5 Å². The molecular weight excluding hydrogens is 377 g/mol. The van der Waals surface area contributed by atoms with Crippen LogP contribution in [-0.2, 0) is 19.7 Å². The molecule has 1 N–H and O–H groups in total. The summed E-state index contributed by atoms with van der Waals surface area (Å²) in [4.78, 5) is 0. The molecule has 28 heavy (non-hydrogen) atoms. The van der Waals surface area contributed by atoms with E-state index in [9.17, 15) is 4.39 Å². The normalized spacial score (nSPS) is 10.2. The van der Waals surface area contributed by atoms with Crippen molar-refractivity contribution in [2.45, 2.75) is 26.6 Å². The van der Waals surface area contributed by atoms with Crippen LogP contribution in [0.15, 0.2) is 66.7 Å². The third-order valence-corrected chi connectivity index (χ3v) is 4.38. The van der Waals surface area contributed by atoms with E-state index in [4.69, 9.17) is 9.47 Å². The van der Waals surface area contributed by atoms with Crippen LogP contribution in [-0.4, -0.2) is 7.11 Å². The van der Waals surface area contributed by atoms with Crippen molar-refractivity contribution in [1.29, 1.82) is 0 Å². The molecule has 3 aromatic carbocycles. The number of hydrogen-bond acceptors (Lipinski definition) is 3. The van der Waals surface area contributed by atoms with E-state index >= 15 is 0 Å². The first-order valence-corrected chi connectivity index (χ1v) is 8.95. The van der Waals surface area contributed by atoms with E-state index in [1.165, 1.54) is 17.2 Å². The highest BCUT2D eigenvalue weighted by molar-refractivity contribution is 5.85. The van der Waals surface area contributed by atoms with Crippen LogP contribution in [0.2, 0.25) is 0 Å². The highest BCUT2D eigenvalue weighted by Crippen LogP contribution is 2.32. The summed E-state index contributed by atoms with van der Waals surface area (Å²) in [6, 6.07) is 20.8.